The van der Waals surface area contributed by atoms with E-state index in [9.17, 15) is 8.78 Å². The van der Waals surface area contributed by atoms with Gasteiger partial charge in [-0.1, -0.05) is 35.9 Å². The Morgan fingerprint density at radius 2 is 2.11 bits per heavy atom. The van der Waals surface area contributed by atoms with Gasteiger partial charge >= 0.3 is 0 Å². The molecule has 0 bridgehead atoms. The zero-order chi connectivity index (χ0) is 19.0. The molecule has 0 spiro atoms. The highest BCUT2D eigenvalue weighted by atomic mass is 35.5. The highest BCUT2D eigenvalue weighted by Crippen LogP contribution is 2.59. The SMILES string of the molecule is N#CSc1ncnn1C[C@@]1(c2ccc(F)cc2F)O[C@H]1c1ccccc1Cl. The first-order valence-electron chi connectivity index (χ1n) is 7.86. The molecule has 2 aromatic carbocycles. The maximum absolute atomic E-state index is 14.6. The van der Waals surface area contributed by atoms with Gasteiger partial charge in [-0.25, -0.2) is 18.4 Å². The lowest BCUT2D eigenvalue weighted by Crippen LogP contribution is -2.22. The van der Waals surface area contributed by atoms with Crippen LogP contribution in [0.4, 0.5) is 8.78 Å². The molecule has 3 aromatic rings. The summed E-state index contributed by atoms with van der Waals surface area (Å²) in [4.78, 5) is 4.02. The van der Waals surface area contributed by atoms with Crippen LogP contribution in [0.3, 0.4) is 0 Å². The Morgan fingerprint density at radius 1 is 1.30 bits per heavy atom. The first-order chi connectivity index (χ1) is 13.0. The van der Waals surface area contributed by atoms with Crippen molar-refractivity contribution in [1.29, 1.82) is 5.26 Å². The summed E-state index contributed by atoms with van der Waals surface area (Å²) in [6.45, 7) is 0.0927. The molecule has 0 saturated carbocycles. The van der Waals surface area contributed by atoms with Crippen molar-refractivity contribution in [2.45, 2.75) is 23.4 Å². The second-order valence-electron chi connectivity index (χ2n) is 5.93. The zero-order valence-corrected chi connectivity index (χ0v) is 15.2. The molecule has 1 aliphatic rings. The molecule has 2 heterocycles. The molecule has 0 aliphatic carbocycles. The summed E-state index contributed by atoms with van der Waals surface area (Å²) in [5, 5.41) is 15.8. The van der Waals surface area contributed by atoms with Crippen LogP contribution in [0.25, 0.3) is 0 Å². The number of halogens is 3. The van der Waals surface area contributed by atoms with Crippen molar-refractivity contribution < 1.29 is 13.5 Å². The van der Waals surface area contributed by atoms with Gasteiger partial charge < -0.3 is 4.74 Å². The molecule has 27 heavy (non-hydrogen) atoms. The molecule has 0 N–H and O–H groups in total. The minimum absolute atomic E-state index is 0.0927. The fourth-order valence-corrected chi connectivity index (χ4v) is 3.76. The zero-order valence-electron chi connectivity index (χ0n) is 13.6. The number of aromatic nitrogens is 3. The summed E-state index contributed by atoms with van der Waals surface area (Å²) < 4.78 is 35.4. The van der Waals surface area contributed by atoms with Crippen molar-refractivity contribution in [1.82, 2.24) is 14.8 Å². The third-order valence-electron chi connectivity index (χ3n) is 4.37. The predicted octanol–water partition coefficient (Wildman–Crippen LogP) is 4.45. The van der Waals surface area contributed by atoms with E-state index in [1.165, 1.54) is 23.1 Å². The molecule has 0 unspecified atom stereocenters. The maximum atomic E-state index is 14.6. The number of hydrogen-bond acceptors (Lipinski definition) is 5. The van der Waals surface area contributed by atoms with E-state index < -0.39 is 23.3 Å². The number of ether oxygens (including phenoxy) is 1. The van der Waals surface area contributed by atoms with E-state index in [2.05, 4.69) is 10.1 Å². The Kier molecular flexibility index (Phi) is 4.60. The Bertz CT molecular complexity index is 1050. The van der Waals surface area contributed by atoms with Crippen molar-refractivity contribution in [2.24, 2.45) is 0 Å². The number of rotatable bonds is 5. The number of thiocyanates is 1. The molecule has 1 aromatic heterocycles. The van der Waals surface area contributed by atoms with Gasteiger partial charge in [-0.15, -0.1) is 0 Å². The summed E-state index contributed by atoms with van der Waals surface area (Å²) in [7, 11) is 0. The summed E-state index contributed by atoms with van der Waals surface area (Å²) in [5.41, 5.74) is -0.254. The minimum Gasteiger partial charge on any atom is -0.354 e. The Hall–Kier alpha value is -2.47. The summed E-state index contributed by atoms with van der Waals surface area (Å²) in [6.07, 6.45) is 0.761. The van der Waals surface area contributed by atoms with Crippen LogP contribution in [0, 0.1) is 22.3 Å². The van der Waals surface area contributed by atoms with Crippen LogP contribution in [-0.4, -0.2) is 14.8 Å². The van der Waals surface area contributed by atoms with Crippen LogP contribution >= 0.6 is 23.4 Å². The van der Waals surface area contributed by atoms with Gasteiger partial charge in [-0.3, -0.25) is 0 Å². The lowest BCUT2D eigenvalue weighted by atomic mass is 9.91. The Morgan fingerprint density at radius 3 is 2.85 bits per heavy atom. The first-order valence-corrected chi connectivity index (χ1v) is 9.06. The van der Waals surface area contributed by atoms with Crippen LogP contribution in [0.2, 0.25) is 5.02 Å². The van der Waals surface area contributed by atoms with Crippen LogP contribution in [0.15, 0.2) is 53.9 Å². The van der Waals surface area contributed by atoms with Crippen molar-refractivity contribution in [3.63, 3.8) is 0 Å². The van der Waals surface area contributed by atoms with E-state index in [0.29, 0.717) is 15.7 Å². The largest absolute Gasteiger partial charge is 0.354 e. The molecule has 9 heteroatoms. The highest BCUT2D eigenvalue weighted by Gasteiger charge is 2.61. The molecule has 5 nitrogen and oxygen atoms in total. The molecule has 0 radical (unpaired) electrons. The number of hydrogen-bond donors (Lipinski definition) is 0. The topological polar surface area (TPSA) is 67.0 Å². The van der Waals surface area contributed by atoms with E-state index in [1.807, 2.05) is 5.40 Å². The first kappa shape index (κ1) is 17.9. The number of nitrogens with zero attached hydrogens (tertiary/aromatic N) is 4. The molecule has 1 aliphatic heterocycles. The van der Waals surface area contributed by atoms with Crippen LogP contribution in [0.1, 0.15) is 17.2 Å². The smallest absolute Gasteiger partial charge is 0.200 e. The fraction of sp³-hybridized carbons (Fsp3) is 0.167. The van der Waals surface area contributed by atoms with Gasteiger partial charge in [0.1, 0.15) is 35.1 Å². The third-order valence-corrected chi connectivity index (χ3v) is 5.31. The van der Waals surface area contributed by atoms with E-state index in [4.69, 9.17) is 21.6 Å². The van der Waals surface area contributed by atoms with Crippen molar-refractivity contribution in [3.8, 4) is 5.40 Å². The van der Waals surface area contributed by atoms with E-state index in [-0.39, 0.29) is 12.1 Å². The number of epoxide rings is 1. The van der Waals surface area contributed by atoms with Gasteiger partial charge in [-0.05, 0) is 12.1 Å². The monoisotopic (exact) mass is 404 g/mol. The lowest BCUT2D eigenvalue weighted by Gasteiger charge is -2.16. The lowest BCUT2D eigenvalue weighted by molar-refractivity contribution is 0.250. The van der Waals surface area contributed by atoms with Crippen molar-refractivity contribution in [3.05, 3.63) is 76.6 Å². The van der Waals surface area contributed by atoms with Gasteiger partial charge in [0.25, 0.3) is 0 Å². The Balaban J connectivity index is 1.79. The van der Waals surface area contributed by atoms with Crippen molar-refractivity contribution in [2.75, 3.05) is 0 Å². The van der Waals surface area contributed by atoms with Crippen LogP contribution in [0.5, 0.6) is 0 Å². The van der Waals surface area contributed by atoms with Crippen LogP contribution in [-0.2, 0) is 16.9 Å². The standard InChI is InChI=1S/C18H11ClF2N4OS/c19-14-4-2-1-3-12(14)16-18(26-16,13-6-5-11(20)7-15(13)21)8-25-17(27-9-22)23-10-24-25/h1-7,10,16H,8H2/t16-,18-/m0/s1. The molecule has 1 fully saturated rings. The highest BCUT2D eigenvalue weighted by molar-refractivity contribution is 8.03. The second-order valence-corrected chi connectivity index (χ2v) is 7.09. The molecule has 1 saturated heterocycles. The van der Waals surface area contributed by atoms with E-state index in [0.717, 1.165) is 17.8 Å². The van der Waals surface area contributed by atoms with Gasteiger partial charge in [0.15, 0.2) is 0 Å². The van der Waals surface area contributed by atoms with Gasteiger partial charge in [0, 0.05) is 34.0 Å². The van der Waals surface area contributed by atoms with Crippen LogP contribution < -0.4 is 0 Å². The molecule has 2 atom stereocenters. The maximum Gasteiger partial charge on any atom is 0.200 e. The average Bonchev–Trinajstić information content (AvgIpc) is 3.18. The number of thioether (sulfide) groups is 1. The third kappa shape index (κ3) is 3.18. The molecule has 136 valence electrons. The molecular weight excluding hydrogens is 394 g/mol. The normalized spacial score (nSPS) is 21.0. The summed E-state index contributed by atoms with van der Waals surface area (Å²) in [6, 6.07) is 10.5. The molecule has 0 amide bonds. The Labute approximate surface area is 162 Å². The number of benzene rings is 2. The van der Waals surface area contributed by atoms with Gasteiger partial charge in [0.05, 0.1) is 6.54 Å². The summed E-state index contributed by atoms with van der Waals surface area (Å²) >= 11 is 7.12. The fourth-order valence-electron chi connectivity index (χ4n) is 3.13. The van der Waals surface area contributed by atoms with E-state index >= 15 is 0 Å². The molecular formula is C18H11ClF2N4OS. The summed E-state index contributed by atoms with van der Waals surface area (Å²) in [5.74, 6) is -1.40. The number of nitriles is 1. The van der Waals surface area contributed by atoms with E-state index in [1.54, 1.807) is 24.3 Å². The predicted molar refractivity (Wildman–Crippen MR) is 94.8 cm³/mol. The second kappa shape index (κ2) is 6.93. The molecule has 4 rings (SSSR count). The van der Waals surface area contributed by atoms with Gasteiger partial charge in [0.2, 0.25) is 5.16 Å². The average molecular weight is 405 g/mol. The van der Waals surface area contributed by atoms with Crippen molar-refractivity contribution >= 4 is 23.4 Å². The quantitative estimate of drug-likeness (QED) is 0.357. The minimum atomic E-state index is -1.14. The van der Waals surface area contributed by atoms with Gasteiger partial charge in [-0.2, -0.15) is 10.4 Å².